The minimum atomic E-state index is -0.890. The van der Waals surface area contributed by atoms with Crippen molar-refractivity contribution in [2.75, 3.05) is 26.2 Å². The van der Waals surface area contributed by atoms with Crippen LogP contribution in [0.25, 0.3) is 0 Å². The molecule has 6 nitrogen and oxygen atoms in total. The molecule has 6 heteroatoms. The quantitative estimate of drug-likeness (QED) is 0.814. The largest absolute Gasteiger partial charge is 0.480 e. The topological polar surface area (TPSA) is 72.9 Å². The maximum Gasteiger partial charge on any atom is 0.326 e. The van der Waals surface area contributed by atoms with Gasteiger partial charge in [0.15, 0.2) is 0 Å². The lowest BCUT2D eigenvalue weighted by Crippen LogP contribution is -2.56. The number of hydrogen-bond acceptors (Lipinski definition) is 3. The number of urea groups is 1. The second kappa shape index (κ2) is 6.92. The number of carbonyl (C=O) groups is 2. The summed E-state index contributed by atoms with van der Waals surface area (Å²) in [4.78, 5) is 27.4. The van der Waals surface area contributed by atoms with E-state index in [9.17, 15) is 14.7 Å². The molecular weight excluding hydrogens is 258 g/mol. The van der Waals surface area contributed by atoms with Crippen LogP contribution in [0.1, 0.15) is 39.0 Å². The molecule has 0 spiro atoms. The van der Waals surface area contributed by atoms with Crippen molar-refractivity contribution >= 4 is 12.0 Å². The predicted octanol–water partition coefficient (Wildman–Crippen LogP) is 1.12. The van der Waals surface area contributed by atoms with Gasteiger partial charge in [-0.15, -0.1) is 0 Å². The van der Waals surface area contributed by atoms with Gasteiger partial charge in [0.05, 0.1) is 0 Å². The van der Waals surface area contributed by atoms with Crippen molar-refractivity contribution in [3.8, 4) is 0 Å². The van der Waals surface area contributed by atoms with Crippen LogP contribution in [0, 0.1) is 0 Å². The van der Waals surface area contributed by atoms with Gasteiger partial charge in [-0.2, -0.15) is 0 Å². The van der Waals surface area contributed by atoms with Gasteiger partial charge in [0.25, 0.3) is 0 Å². The standard InChI is InChI=1S/C14H25N3O3/c1-2-16-8-5-6-11(10-16)15-14(20)17-9-4-3-7-12(17)13(18)19/h11-12H,2-10H2,1H3,(H,15,20)(H,18,19). The summed E-state index contributed by atoms with van der Waals surface area (Å²) >= 11 is 0. The first-order valence-corrected chi connectivity index (χ1v) is 7.64. The lowest BCUT2D eigenvalue weighted by atomic mass is 10.0. The molecule has 2 atom stereocenters. The van der Waals surface area contributed by atoms with Gasteiger partial charge in [-0.25, -0.2) is 9.59 Å². The molecule has 2 heterocycles. The third-order valence-electron chi connectivity index (χ3n) is 4.33. The van der Waals surface area contributed by atoms with Crippen molar-refractivity contribution < 1.29 is 14.7 Å². The molecule has 2 rings (SSSR count). The number of carboxylic acid groups (broad SMARTS) is 1. The van der Waals surface area contributed by atoms with Gasteiger partial charge >= 0.3 is 12.0 Å². The Hall–Kier alpha value is -1.30. The van der Waals surface area contributed by atoms with Crippen LogP contribution < -0.4 is 5.32 Å². The van der Waals surface area contributed by atoms with Gasteiger partial charge in [-0.3, -0.25) is 0 Å². The van der Waals surface area contributed by atoms with Crippen LogP contribution in [0.4, 0.5) is 4.79 Å². The van der Waals surface area contributed by atoms with E-state index in [2.05, 4.69) is 17.1 Å². The Morgan fingerprint density at radius 2 is 2.00 bits per heavy atom. The predicted molar refractivity (Wildman–Crippen MR) is 75.6 cm³/mol. The highest BCUT2D eigenvalue weighted by Crippen LogP contribution is 2.18. The number of aliphatic carboxylic acids is 1. The zero-order valence-corrected chi connectivity index (χ0v) is 12.2. The molecule has 20 heavy (non-hydrogen) atoms. The van der Waals surface area contributed by atoms with E-state index in [0.717, 1.165) is 45.3 Å². The maximum absolute atomic E-state index is 12.3. The summed E-state index contributed by atoms with van der Waals surface area (Å²) in [6.45, 7) is 5.62. The van der Waals surface area contributed by atoms with E-state index >= 15 is 0 Å². The Morgan fingerprint density at radius 3 is 2.70 bits per heavy atom. The lowest BCUT2D eigenvalue weighted by molar-refractivity contribution is -0.143. The highest BCUT2D eigenvalue weighted by Gasteiger charge is 2.33. The molecule has 0 aliphatic carbocycles. The molecule has 0 aromatic heterocycles. The third kappa shape index (κ3) is 3.62. The number of nitrogens with zero attached hydrogens (tertiary/aromatic N) is 2. The molecule has 2 aliphatic rings. The van der Waals surface area contributed by atoms with E-state index in [1.54, 1.807) is 0 Å². The summed E-state index contributed by atoms with van der Waals surface area (Å²) in [7, 11) is 0. The fraction of sp³-hybridized carbons (Fsp3) is 0.857. The van der Waals surface area contributed by atoms with Crippen LogP contribution in [0.2, 0.25) is 0 Å². The average Bonchev–Trinajstić information content (AvgIpc) is 2.47. The normalized spacial score (nSPS) is 28.1. The SMILES string of the molecule is CCN1CCCC(NC(=O)N2CCCCC2C(=O)O)C1. The summed E-state index contributed by atoms with van der Waals surface area (Å²) in [6, 6.07) is -0.720. The fourth-order valence-electron chi connectivity index (χ4n) is 3.15. The van der Waals surface area contributed by atoms with E-state index in [-0.39, 0.29) is 12.1 Å². The molecule has 0 aromatic carbocycles. The minimum Gasteiger partial charge on any atom is -0.480 e. The summed E-state index contributed by atoms with van der Waals surface area (Å²) < 4.78 is 0. The molecule has 2 saturated heterocycles. The third-order valence-corrected chi connectivity index (χ3v) is 4.33. The van der Waals surface area contributed by atoms with Crippen LogP contribution in [0.3, 0.4) is 0 Å². The van der Waals surface area contributed by atoms with Gasteiger partial charge in [-0.1, -0.05) is 6.92 Å². The van der Waals surface area contributed by atoms with Crippen molar-refractivity contribution in [2.24, 2.45) is 0 Å². The summed E-state index contributed by atoms with van der Waals surface area (Å²) in [5.74, 6) is -0.890. The van der Waals surface area contributed by atoms with Crippen LogP contribution >= 0.6 is 0 Å². The van der Waals surface area contributed by atoms with Crippen molar-refractivity contribution in [1.29, 1.82) is 0 Å². The Bertz CT molecular complexity index is 362. The highest BCUT2D eigenvalue weighted by atomic mass is 16.4. The van der Waals surface area contributed by atoms with Gasteiger partial charge < -0.3 is 20.2 Å². The Balaban J connectivity index is 1.91. The summed E-state index contributed by atoms with van der Waals surface area (Å²) in [5, 5.41) is 12.2. The van der Waals surface area contributed by atoms with Crippen LogP contribution in [0.15, 0.2) is 0 Å². The smallest absolute Gasteiger partial charge is 0.326 e. The number of carboxylic acids is 1. The number of amides is 2. The number of piperidine rings is 2. The molecule has 2 unspecified atom stereocenters. The summed E-state index contributed by atoms with van der Waals surface area (Å²) in [5.41, 5.74) is 0. The molecular formula is C14H25N3O3. The number of carbonyl (C=O) groups excluding carboxylic acids is 1. The van der Waals surface area contributed by atoms with Crippen molar-refractivity contribution in [1.82, 2.24) is 15.1 Å². The number of likely N-dealkylation sites (tertiary alicyclic amines) is 2. The van der Waals surface area contributed by atoms with Crippen LogP contribution in [-0.2, 0) is 4.79 Å². The minimum absolute atomic E-state index is 0.146. The van der Waals surface area contributed by atoms with Gasteiger partial charge in [0, 0.05) is 19.1 Å². The Morgan fingerprint density at radius 1 is 1.20 bits per heavy atom. The lowest BCUT2D eigenvalue weighted by Gasteiger charge is -2.37. The molecule has 114 valence electrons. The summed E-state index contributed by atoms with van der Waals surface area (Å²) in [6.07, 6.45) is 4.40. The van der Waals surface area contributed by atoms with Gasteiger partial charge in [-0.05, 0) is 45.2 Å². The van der Waals surface area contributed by atoms with Gasteiger partial charge in [0.1, 0.15) is 6.04 Å². The molecule has 0 saturated carbocycles. The molecule has 0 bridgehead atoms. The maximum atomic E-state index is 12.3. The van der Waals surface area contributed by atoms with E-state index in [1.807, 2.05) is 0 Å². The van der Waals surface area contributed by atoms with Gasteiger partial charge in [0.2, 0.25) is 0 Å². The van der Waals surface area contributed by atoms with Crippen molar-refractivity contribution in [3.63, 3.8) is 0 Å². The number of likely N-dealkylation sites (N-methyl/N-ethyl adjacent to an activating group) is 1. The Labute approximate surface area is 120 Å². The highest BCUT2D eigenvalue weighted by molar-refractivity contribution is 5.83. The van der Waals surface area contributed by atoms with Crippen LogP contribution in [0.5, 0.6) is 0 Å². The van der Waals surface area contributed by atoms with E-state index in [4.69, 9.17) is 0 Å². The van der Waals surface area contributed by atoms with E-state index < -0.39 is 12.0 Å². The monoisotopic (exact) mass is 283 g/mol. The first kappa shape index (κ1) is 15.1. The second-order valence-electron chi connectivity index (χ2n) is 5.73. The first-order valence-electron chi connectivity index (χ1n) is 7.64. The first-order chi connectivity index (χ1) is 9.61. The average molecular weight is 283 g/mol. The van der Waals surface area contributed by atoms with E-state index in [1.165, 1.54) is 4.90 Å². The molecule has 0 aromatic rings. The molecule has 2 aliphatic heterocycles. The zero-order valence-electron chi connectivity index (χ0n) is 12.2. The number of hydrogen-bond donors (Lipinski definition) is 2. The fourth-order valence-corrected chi connectivity index (χ4v) is 3.15. The Kier molecular flexibility index (Phi) is 5.23. The second-order valence-corrected chi connectivity index (χ2v) is 5.73. The van der Waals surface area contributed by atoms with Crippen LogP contribution in [-0.4, -0.2) is 65.2 Å². The molecule has 2 fully saturated rings. The molecule has 0 radical (unpaired) electrons. The zero-order chi connectivity index (χ0) is 14.5. The van der Waals surface area contributed by atoms with Crippen molar-refractivity contribution in [2.45, 2.75) is 51.1 Å². The van der Waals surface area contributed by atoms with Crippen molar-refractivity contribution in [3.05, 3.63) is 0 Å². The number of rotatable bonds is 3. The van der Waals surface area contributed by atoms with E-state index in [0.29, 0.717) is 13.0 Å². The molecule has 2 N–H and O–H groups in total. The number of nitrogens with one attached hydrogen (secondary N) is 1. The molecule has 2 amide bonds.